The molecule has 0 aromatic heterocycles. The third-order valence-electron chi connectivity index (χ3n) is 5.15. The van der Waals surface area contributed by atoms with E-state index in [1.165, 1.54) is 4.90 Å². The molecule has 0 spiro atoms. The lowest BCUT2D eigenvalue weighted by Gasteiger charge is -2.32. The van der Waals surface area contributed by atoms with Gasteiger partial charge in [-0.1, -0.05) is 18.2 Å². The quantitative estimate of drug-likeness (QED) is 0.663. The maximum absolute atomic E-state index is 12.5. The topological polar surface area (TPSA) is 52.4 Å². The number of piperazine rings is 1. The van der Waals surface area contributed by atoms with Gasteiger partial charge < -0.3 is 24.0 Å². The van der Waals surface area contributed by atoms with Crippen molar-refractivity contribution in [2.24, 2.45) is 0 Å². The number of nitrogens with zero attached hydrogens (tertiary/aromatic N) is 1. The summed E-state index contributed by atoms with van der Waals surface area (Å²) >= 11 is 1.60. The Morgan fingerprint density at radius 3 is 2.28 bits per heavy atom. The van der Waals surface area contributed by atoms with Crippen molar-refractivity contribution >= 4 is 17.7 Å². The molecule has 1 fully saturated rings. The van der Waals surface area contributed by atoms with Gasteiger partial charge in [-0.25, -0.2) is 0 Å². The number of nitrogens with one attached hydrogen (secondary N) is 1. The van der Waals surface area contributed by atoms with Gasteiger partial charge in [0.15, 0.2) is 11.5 Å². The third kappa shape index (κ3) is 5.36. The molecule has 6 nitrogen and oxygen atoms in total. The number of carbonyl (C=O) groups excluding carboxylic acids is 1. The lowest BCUT2D eigenvalue weighted by molar-refractivity contribution is -0.917. The Balaban J connectivity index is 1.54. The Morgan fingerprint density at radius 1 is 0.966 bits per heavy atom. The van der Waals surface area contributed by atoms with Crippen molar-refractivity contribution in [2.45, 2.75) is 11.4 Å². The van der Waals surface area contributed by atoms with E-state index in [4.69, 9.17) is 14.2 Å². The standard InChI is InChI=1S/C22H28N2O4S/c1-26-19-10-9-17(21(27-2)22(19)28-3)15-23-11-13-24(14-12-23)20(25)16-29-18-7-5-4-6-8-18/h4-10H,11-16H2,1-3H3/p+1. The molecule has 0 bridgehead atoms. The van der Waals surface area contributed by atoms with Gasteiger partial charge in [-0.3, -0.25) is 4.79 Å². The highest BCUT2D eigenvalue weighted by atomic mass is 32.2. The highest BCUT2D eigenvalue weighted by Crippen LogP contribution is 2.39. The molecule has 0 radical (unpaired) electrons. The van der Waals surface area contributed by atoms with Gasteiger partial charge in [0.2, 0.25) is 11.7 Å². The molecule has 0 atom stereocenters. The highest BCUT2D eigenvalue weighted by Gasteiger charge is 2.26. The Labute approximate surface area is 176 Å². The van der Waals surface area contributed by atoms with E-state index in [1.807, 2.05) is 47.4 Å². The summed E-state index contributed by atoms with van der Waals surface area (Å²) in [7, 11) is 4.89. The number of hydrogen-bond acceptors (Lipinski definition) is 5. The van der Waals surface area contributed by atoms with Crippen LogP contribution in [0.25, 0.3) is 0 Å². The summed E-state index contributed by atoms with van der Waals surface area (Å²) in [5.74, 6) is 2.70. The van der Waals surface area contributed by atoms with Crippen LogP contribution in [0.3, 0.4) is 0 Å². The number of hydrogen-bond donors (Lipinski definition) is 1. The van der Waals surface area contributed by atoms with Crippen LogP contribution < -0.4 is 19.1 Å². The van der Waals surface area contributed by atoms with E-state index in [0.29, 0.717) is 17.3 Å². The first kappa shape index (κ1) is 21.3. The lowest BCUT2D eigenvalue weighted by atomic mass is 10.1. The Kier molecular flexibility index (Phi) is 7.66. The van der Waals surface area contributed by atoms with Crippen LogP contribution in [0.2, 0.25) is 0 Å². The van der Waals surface area contributed by atoms with Gasteiger partial charge in [0.1, 0.15) is 6.54 Å². The van der Waals surface area contributed by atoms with E-state index in [2.05, 4.69) is 0 Å². The lowest BCUT2D eigenvalue weighted by Crippen LogP contribution is -3.13. The zero-order valence-corrected chi connectivity index (χ0v) is 18.1. The van der Waals surface area contributed by atoms with Crippen LogP contribution in [0.5, 0.6) is 17.2 Å². The molecule has 2 aromatic carbocycles. The summed E-state index contributed by atoms with van der Waals surface area (Å²) in [6, 6.07) is 14.0. The second-order valence-corrected chi connectivity index (χ2v) is 7.95. The van der Waals surface area contributed by atoms with E-state index in [-0.39, 0.29) is 5.91 Å². The van der Waals surface area contributed by atoms with Gasteiger partial charge in [0.25, 0.3) is 0 Å². The molecule has 0 aliphatic carbocycles. The van der Waals surface area contributed by atoms with Crippen molar-refractivity contribution in [1.82, 2.24) is 4.90 Å². The van der Waals surface area contributed by atoms with Crippen molar-refractivity contribution < 1.29 is 23.9 Å². The molecule has 29 heavy (non-hydrogen) atoms. The zero-order valence-electron chi connectivity index (χ0n) is 17.3. The maximum Gasteiger partial charge on any atom is 0.233 e. The van der Waals surface area contributed by atoms with Crippen LogP contribution in [0.15, 0.2) is 47.4 Å². The number of ether oxygens (including phenoxy) is 3. The smallest absolute Gasteiger partial charge is 0.233 e. The molecule has 2 aromatic rings. The third-order valence-corrected chi connectivity index (χ3v) is 6.15. The van der Waals surface area contributed by atoms with E-state index in [9.17, 15) is 4.79 Å². The second-order valence-electron chi connectivity index (χ2n) is 6.90. The summed E-state index contributed by atoms with van der Waals surface area (Å²) in [6.07, 6.45) is 0. The number of benzene rings is 2. The van der Waals surface area contributed by atoms with Gasteiger partial charge in [-0.2, -0.15) is 0 Å². The van der Waals surface area contributed by atoms with Crippen LogP contribution in [0.4, 0.5) is 0 Å². The minimum atomic E-state index is 0.210. The molecule has 1 aliphatic heterocycles. The molecule has 1 aliphatic rings. The molecule has 1 saturated heterocycles. The molecule has 0 saturated carbocycles. The van der Waals surface area contributed by atoms with E-state index < -0.39 is 0 Å². The molecule has 156 valence electrons. The first-order chi connectivity index (χ1) is 14.2. The van der Waals surface area contributed by atoms with Gasteiger partial charge in [-0.15, -0.1) is 11.8 Å². The Bertz CT molecular complexity index is 808. The first-order valence-electron chi connectivity index (χ1n) is 9.73. The van der Waals surface area contributed by atoms with Gasteiger partial charge in [-0.05, 0) is 24.3 Å². The zero-order chi connectivity index (χ0) is 20.6. The van der Waals surface area contributed by atoms with E-state index >= 15 is 0 Å². The number of amides is 1. The van der Waals surface area contributed by atoms with E-state index in [1.54, 1.807) is 33.1 Å². The van der Waals surface area contributed by atoms with Crippen molar-refractivity contribution in [2.75, 3.05) is 53.3 Å². The summed E-state index contributed by atoms with van der Waals surface area (Å²) in [5, 5.41) is 0. The number of carbonyl (C=O) groups is 1. The normalized spacial score (nSPS) is 14.5. The molecule has 1 N–H and O–H groups in total. The number of methoxy groups -OCH3 is 3. The predicted octanol–water partition coefficient (Wildman–Crippen LogP) is 1.73. The monoisotopic (exact) mass is 417 g/mol. The average molecular weight is 418 g/mol. The molecule has 3 rings (SSSR count). The summed E-state index contributed by atoms with van der Waals surface area (Å²) in [4.78, 5) is 17.1. The van der Waals surface area contributed by atoms with Crippen LogP contribution in [-0.2, 0) is 11.3 Å². The van der Waals surface area contributed by atoms with Gasteiger partial charge in [0, 0.05) is 4.90 Å². The summed E-state index contributed by atoms with van der Waals surface area (Å²) < 4.78 is 16.4. The van der Waals surface area contributed by atoms with Crippen LogP contribution in [-0.4, -0.2) is 64.1 Å². The van der Waals surface area contributed by atoms with Crippen LogP contribution >= 0.6 is 11.8 Å². The van der Waals surface area contributed by atoms with Crippen molar-refractivity contribution in [3.8, 4) is 17.2 Å². The van der Waals surface area contributed by atoms with Crippen LogP contribution in [0, 0.1) is 0 Å². The van der Waals surface area contributed by atoms with Gasteiger partial charge in [0.05, 0.1) is 58.8 Å². The van der Waals surface area contributed by atoms with Gasteiger partial charge >= 0.3 is 0 Å². The number of rotatable bonds is 8. The highest BCUT2D eigenvalue weighted by molar-refractivity contribution is 8.00. The van der Waals surface area contributed by atoms with Crippen molar-refractivity contribution in [3.63, 3.8) is 0 Å². The Hall–Kier alpha value is -2.38. The largest absolute Gasteiger partial charge is 0.493 e. The minimum Gasteiger partial charge on any atom is -0.493 e. The fourth-order valence-electron chi connectivity index (χ4n) is 3.57. The SMILES string of the molecule is COc1ccc(C[NH+]2CCN(C(=O)CSc3ccccc3)CC2)c(OC)c1OC. The maximum atomic E-state index is 12.5. The van der Waals surface area contributed by atoms with Crippen molar-refractivity contribution in [3.05, 3.63) is 48.0 Å². The number of thioether (sulfide) groups is 1. The number of quaternary nitrogens is 1. The molecule has 0 unspecified atom stereocenters. The fourth-order valence-corrected chi connectivity index (χ4v) is 4.40. The average Bonchev–Trinajstić information content (AvgIpc) is 2.78. The molecule has 1 heterocycles. The fraction of sp³-hybridized carbons (Fsp3) is 0.409. The molecular formula is C22H29N2O4S+. The van der Waals surface area contributed by atoms with E-state index in [0.717, 1.165) is 48.9 Å². The first-order valence-corrected chi connectivity index (χ1v) is 10.7. The second kappa shape index (κ2) is 10.4. The summed E-state index contributed by atoms with van der Waals surface area (Å²) in [5.41, 5.74) is 1.08. The Morgan fingerprint density at radius 2 is 1.66 bits per heavy atom. The minimum absolute atomic E-state index is 0.210. The van der Waals surface area contributed by atoms with Crippen molar-refractivity contribution in [1.29, 1.82) is 0 Å². The molecular weight excluding hydrogens is 388 g/mol. The summed E-state index contributed by atoms with van der Waals surface area (Å²) in [6.45, 7) is 4.21. The molecule has 1 amide bonds. The van der Waals surface area contributed by atoms with Crippen LogP contribution in [0.1, 0.15) is 5.56 Å². The predicted molar refractivity (Wildman–Crippen MR) is 114 cm³/mol. The molecule has 7 heteroatoms.